The summed E-state index contributed by atoms with van der Waals surface area (Å²) in [5.74, 6) is 1.63. The number of nitrogens with zero attached hydrogens (tertiary/aromatic N) is 2. The lowest BCUT2D eigenvalue weighted by Gasteiger charge is -2.26. The molecule has 0 saturated carbocycles. The average Bonchev–Trinajstić information content (AvgIpc) is 3.52. The van der Waals surface area contributed by atoms with Crippen LogP contribution in [-0.2, 0) is 16.8 Å². The summed E-state index contributed by atoms with van der Waals surface area (Å²) in [7, 11) is 0. The van der Waals surface area contributed by atoms with Gasteiger partial charge in [0.2, 0.25) is 0 Å². The molecule has 4 rings (SSSR count). The molecule has 0 radical (unpaired) electrons. The third kappa shape index (κ3) is 6.57. The highest BCUT2D eigenvalue weighted by molar-refractivity contribution is 7.20. The van der Waals surface area contributed by atoms with Gasteiger partial charge in [-0.15, -0.1) is 22.9 Å². The van der Waals surface area contributed by atoms with E-state index < -0.39 is 17.5 Å². The number of amides is 2. The summed E-state index contributed by atoms with van der Waals surface area (Å²) in [5.41, 5.74) is 1.75. The van der Waals surface area contributed by atoms with Crippen molar-refractivity contribution < 1.29 is 19.1 Å². The highest BCUT2D eigenvalue weighted by Crippen LogP contribution is 2.33. The van der Waals surface area contributed by atoms with Gasteiger partial charge in [0.15, 0.2) is 12.4 Å². The predicted octanol–water partition coefficient (Wildman–Crippen LogP) is 5.13. The first-order valence-electron chi connectivity index (χ1n) is 12.7. The number of thiophene rings is 1. The fourth-order valence-electron chi connectivity index (χ4n) is 3.95. The topological polar surface area (TPSA) is 114 Å². The number of carbonyl (C=O) groups excluding carboxylic acids is 3. The highest BCUT2D eigenvalue weighted by atomic mass is 32.1. The Bertz CT molecular complexity index is 1560. The number of hydrogen-bond donors (Lipinski definition) is 3. The van der Waals surface area contributed by atoms with Gasteiger partial charge in [-0.1, -0.05) is 62.2 Å². The maximum atomic E-state index is 13.3. The molecule has 2 aromatic carbocycles. The Hall–Kier alpha value is -4.46. The van der Waals surface area contributed by atoms with Gasteiger partial charge in [-0.25, -0.2) is 4.79 Å². The lowest BCUT2D eigenvalue weighted by atomic mass is 9.94. The minimum absolute atomic E-state index is 0.126. The summed E-state index contributed by atoms with van der Waals surface area (Å²) in [6.45, 7) is 8.38. The Morgan fingerprint density at radius 3 is 2.42 bits per heavy atom. The molecule has 2 aromatic heterocycles. The van der Waals surface area contributed by atoms with E-state index in [1.165, 1.54) is 0 Å². The van der Waals surface area contributed by atoms with Crippen LogP contribution in [0, 0.1) is 12.3 Å². The van der Waals surface area contributed by atoms with Gasteiger partial charge in [-0.05, 0) is 43.2 Å². The van der Waals surface area contributed by atoms with E-state index in [-0.39, 0.29) is 18.3 Å². The molecule has 206 valence electrons. The number of benzene rings is 2. The second-order valence-corrected chi connectivity index (χ2v) is 11.0. The van der Waals surface area contributed by atoms with Crippen LogP contribution in [0.4, 0.5) is 10.6 Å². The van der Waals surface area contributed by atoms with E-state index >= 15 is 0 Å². The number of nitrogens with one attached hydrogen (secondary N) is 3. The predicted molar refractivity (Wildman–Crippen MR) is 156 cm³/mol. The standard InChI is InChI=1S/C30H31N5O4S/c1-6-16-39-29(38)35-28-23(17-24(40-28)27(37)33-30(4,5)22-10-8-7-9-11-22)25(34-35)32-26(36)21-14-12-20(13-15-21)18-31-19(2)3/h1,7-15,17,19,31H,16,18H2,2-5H3,(H,33,37)(H,32,34,36). The number of fused-ring (bicyclic) bond motifs is 1. The molecule has 10 heteroatoms. The lowest BCUT2D eigenvalue weighted by molar-refractivity contribution is 0.0915. The van der Waals surface area contributed by atoms with Crippen LogP contribution in [0.15, 0.2) is 60.7 Å². The monoisotopic (exact) mass is 557 g/mol. The Labute approximate surface area is 236 Å². The van der Waals surface area contributed by atoms with Crippen molar-refractivity contribution in [3.8, 4) is 12.3 Å². The molecule has 0 bridgehead atoms. The number of hydrogen-bond acceptors (Lipinski definition) is 7. The Morgan fingerprint density at radius 2 is 1.77 bits per heavy atom. The van der Waals surface area contributed by atoms with Gasteiger partial charge in [0.1, 0.15) is 4.83 Å². The number of carbonyl (C=O) groups is 3. The SMILES string of the molecule is C#CCOC(=O)n1nc(NC(=O)c2ccc(CNC(C)C)cc2)c2cc(C(=O)NC(C)(C)c3ccccc3)sc21. The zero-order valence-electron chi connectivity index (χ0n) is 22.8. The minimum Gasteiger partial charge on any atom is -0.435 e. The van der Waals surface area contributed by atoms with Crippen LogP contribution < -0.4 is 16.0 Å². The van der Waals surface area contributed by atoms with Gasteiger partial charge in [-0.3, -0.25) is 9.59 Å². The molecule has 4 aromatic rings. The summed E-state index contributed by atoms with van der Waals surface area (Å²) in [6.07, 6.45) is 4.41. The molecule has 0 saturated heterocycles. The van der Waals surface area contributed by atoms with Gasteiger partial charge in [0.25, 0.3) is 11.8 Å². The number of anilines is 1. The second-order valence-electron chi connectivity index (χ2n) is 9.98. The van der Waals surface area contributed by atoms with Crippen molar-refractivity contribution in [3.63, 3.8) is 0 Å². The van der Waals surface area contributed by atoms with Gasteiger partial charge < -0.3 is 20.7 Å². The molecule has 40 heavy (non-hydrogen) atoms. The molecule has 0 aliphatic rings. The molecule has 2 amide bonds. The van der Waals surface area contributed by atoms with Crippen LogP contribution >= 0.6 is 11.3 Å². The van der Waals surface area contributed by atoms with Crippen molar-refractivity contribution in [2.24, 2.45) is 0 Å². The third-order valence-corrected chi connectivity index (χ3v) is 7.23. The summed E-state index contributed by atoms with van der Waals surface area (Å²) < 4.78 is 6.07. The number of terminal acetylenes is 1. The van der Waals surface area contributed by atoms with Crippen LogP contribution in [0.25, 0.3) is 10.2 Å². The molecule has 0 fully saturated rings. The normalized spacial score (nSPS) is 11.3. The number of rotatable bonds is 9. The zero-order valence-corrected chi connectivity index (χ0v) is 23.6. The molecule has 0 spiro atoms. The maximum absolute atomic E-state index is 13.3. The first kappa shape index (κ1) is 28.5. The lowest BCUT2D eigenvalue weighted by Crippen LogP contribution is -2.40. The summed E-state index contributed by atoms with van der Waals surface area (Å²) >= 11 is 1.06. The van der Waals surface area contributed by atoms with E-state index in [0.29, 0.717) is 33.2 Å². The molecule has 0 atom stereocenters. The van der Waals surface area contributed by atoms with Crippen LogP contribution in [0.2, 0.25) is 0 Å². The van der Waals surface area contributed by atoms with Gasteiger partial charge >= 0.3 is 6.09 Å². The van der Waals surface area contributed by atoms with Crippen molar-refractivity contribution in [3.05, 3.63) is 82.2 Å². The largest absolute Gasteiger partial charge is 0.437 e. The van der Waals surface area contributed by atoms with Crippen molar-refractivity contribution in [1.29, 1.82) is 0 Å². The van der Waals surface area contributed by atoms with Crippen molar-refractivity contribution in [2.75, 3.05) is 11.9 Å². The van der Waals surface area contributed by atoms with Crippen LogP contribution in [0.3, 0.4) is 0 Å². The van der Waals surface area contributed by atoms with Crippen LogP contribution in [-0.4, -0.2) is 40.3 Å². The molecule has 0 unspecified atom stereocenters. The van der Waals surface area contributed by atoms with E-state index in [4.69, 9.17) is 11.2 Å². The molecule has 9 nitrogen and oxygen atoms in total. The molecule has 0 aliphatic heterocycles. The Kier molecular flexibility index (Phi) is 8.67. The van der Waals surface area contributed by atoms with Crippen LogP contribution in [0.1, 0.15) is 58.9 Å². The quantitative estimate of drug-likeness (QED) is 0.246. The van der Waals surface area contributed by atoms with Crippen LogP contribution in [0.5, 0.6) is 0 Å². The zero-order chi connectivity index (χ0) is 28.9. The fraction of sp³-hybridized carbons (Fsp3) is 0.267. The second kappa shape index (κ2) is 12.2. The average molecular weight is 558 g/mol. The number of ether oxygens (including phenoxy) is 1. The third-order valence-electron chi connectivity index (χ3n) is 6.12. The van der Waals surface area contributed by atoms with Crippen molar-refractivity contribution in [2.45, 2.75) is 45.8 Å². The maximum Gasteiger partial charge on any atom is 0.437 e. The van der Waals surface area contributed by atoms with E-state index in [9.17, 15) is 14.4 Å². The summed E-state index contributed by atoms with van der Waals surface area (Å²) in [6, 6.07) is 18.7. The molecule has 3 N–H and O–H groups in total. The van der Waals surface area contributed by atoms with Gasteiger partial charge in [-0.2, -0.15) is 4.68 Å². The van der Waals surface area contributed by atoms with E-state index in [2.05, 4.69) is 40.8 Å². The number of aromatic nitrogens is 2. The summed E-state index contributed by atoms with van der Waals surface area (Å²) in [5, 5.41) is 13.8. The van der Waals surface area contributed by atoms with Crippen molar-refractivity contribution >= 4 is 45.3 Å². The van der Waals surface area contributed by atoms with Gasteiger partial charge in [0.05, 0.1) is 15.8 Å². The molecular formula is C30H31N5O4S. The summed E-state index contributed by atoms with van der Waals surface area (Å²) in [4.78, 5) is 39.7. The Balaban J connectivity index is 1.61. The van der Waals surface area contributed by atoms with Crippen molar-refractivity contribution in [1.82, 2.24) is 20.4 Å². The van der Waals surface area contributed by atoms with Gasteiger partial charge in [0, 0.05) is 18.2 Å². The molecule has 2 heterocycles. The molecule has 0 aliphatic carbocycles. The smallest absolute Gasteiger partial charge is 0.435 e. The molecular weight excluding hydrogens is 526 g/mol. The van der Waals surface area contributed by atoms with E-state index in [1.807, 2.05) is 56.3 Å². The first-order chi connectivity index (χ1) is 19.1. The first-order valence-corrected chi connectivity index (χ1v) is 13.6. The highest BCUT2D eigenvalue weighted by Gasteiger charge is 2.27. The van der Waals surface area contributed by atoms with E-state index in [1.54, 1.807) is 18.2 Å². The minimum atomic E-state index is -0.816. The Morgan fingerprint density at radius 1 is 1.07 bits per heavy atom. The van der Waals surface area contributed by atoms with E-state index in [0.717, 1.165) is 27.1 Å². The fourth-order valence-corrected chi connectivity index (χ4v) is 4.94.